The Morgan fingerprint density at radius 1 is 0.775 bits per heavy atom. The van der Waals surface area contributed by atoms with E-state index in [0.29, 0.717) is 39.5 Å². The van der Waals surface area contributed by atoms with Crippen LogP contribution in [0.15, 0.2) is 103 Å². The molecule has 0 aliphatic rings. The minimum absolute atomic E-state index is 0.322. The van der Waals surface area contributed by atoms with Gasteiger partial charge in [-0.2, -0.15) is 26.3 Å². The number of hydrogen-bond donors (Lipinski definition) is 1. The topological polar surface area (TPSA) is 54.9 Å². The van der Waals surface area contributed by atoms with Crippen molar-refractivity contribution in [2.24, 2.45) is 0 Å². The van der Waals surface area contributed by atoms with Gasteiger partial charge < -0.3 is 5.32 Å². The van der Waals surface area contributed by atoms with E-state index in [0.717, 1.165) is 24.3 Å². The van der Waals surface area contributed by atoms with Gasteiger partial charge in [-0.15, -0.1) is 0 Å². The third kappa shape index (κ3) is 7.02. The quantitative estimate of drug-likeness (QED) is 0.149. The van der Waals surface area contributed by atoms with Crippen molar-refractivity contribution in [3.8, 4) is 11.3 Å². The van der Waals surface area contributed by atoms with Gasteiger partial charge in [-0.1, -0.05) is 54.6 Å². The summed E-state index contributed by atoms with van der Waals surface area (Å²) in [5.41, 5.74) is 1.00. The maximum absolute atomic E-state index is 13.0. The molecule has 1 aromatic heterocycles. The summed E-state index contributed by atoms with van der Waals surface area (Å²) < 4.78 is 78.3. The maximum atomic E-state index is 13.0. The number of carbonyl (C=O) groups is 1. The number of nitrogens with zero attached hydrogens (tertiary/aromatic N) is 2. The van der Waals surface area contributed by atoms with Gasteiger partial charge in [0.15, 0.2) is 0 Å². The van der Waals surface area contributed by atoms with Gasteiger partial charge in [-0.05, 0) is 60.0 Å². The molecule has 0 bridgehead atoms. The molecule has 0 saturated heterocycles. The fourth-order valence-corrected chi connectivity index (χ4v) is 3.86. The zero-order valence-corrected chi connectivity index (χ0v) is 20.9. The molecule has 1 heterocycles. The number of hydrogen-bond acceptors (Lipinski definition) is 3. The molecule has 10 heteroatoms. The Balaban J connectivity index is 1.63. The van der Waals surface area contributed by atoms with E-state index in [2.05, 4.69) is 15.3 Å². The highest BCUT2D eigenvalue weighted by Gasteiger charge is 2.31. The molecule has 4 rings (SSSR count). The monoisotopic (exact) mass is 553 g/mol. The summed E-state index contributed by atoms with van der Waals surface area (Å²) >= 11 is 0. The predicted molar refractivity (Wildman–Crippen MR) is 140 cm³/mol. The fourth-order valence-electron chi connectivity index (χ4n) is 3.86. The molecule has 204 valence electrons. The number of para-hydroxylation sites is 1. The highest BCUT2D eigenvalue weighted by Crippen LogP contribution is 2.34. The molecule has 4 nitrogen and oxygen atoms in total. The van der Waals surface area contributed by atoms with Crippen LogP contribution in [0.5, 0.6) is 0 Å². The van der Waals surface area contributed by atoms with Gasteiger partial charge in [0.25, 0.3) is 0 Å². The normalized spacial score (nSPS) is 11.9. The lowest BCUT2D eigenvalue weighted by Gasteiger charge is -2.12. The Morgan fingerprint density at radius 2 is 1.32 bits per heavy atom. The summed E-state index contributed by atoms with van der Waals surface area (Å²) in [4.78, 5) is 21.2. The summed E-state index contributed by atoms with van der Waals surface area (Å²) in [7, 11) is 0. The molecule has 1 N–H and O–H groups in total. The Hall–Kier alpha value is -4.73. The van der Waals surface area contributed by atoms with Gasteiger partial charge in [0, 0.05) is 17.8 Å². The molecule has 0 spiro atoms. The lowest BCUT2D eigenvalue weighted by molar-refractivity contribution is -0.138. The number of carbonyl (C=O) groups excluding carboxylic acids is 1. The minimum atomic E-state index is -4.55. The Bertz CT molecular complexity index is 1490. The Kier molecular flexibility index (Phi) is 8.18. The van der Waals surface area contributed by atoms with Crippen molar-refractivity contribution in [2.45, 2.75) is 19.3 Å². The van der Waals surface area contributed by atoms with E-state index >= 15 is 0 Å². The molecule has 0 atom stereocenters. The smallest absolute Gasteiger partial charge is 0.322 e. The third-order valence-corrected chi connectivity index (χ3v) is 5.79. The van der Waals surface area contributed by atoms with Crippen molar-refractivity contribution in [1.29, 1.82) is 0 Å². The largest absolute Gasteiger partial charge is 0.416 e. The number of rotatable bonds is 6. The van der Waals surface area contributed by atoms with Gasteiger partial charge >= 0.3 is 12.4 Å². The third-order valence-electron chi connectivity index (χ3n) is 5.79. The number of allylic oxidation sites excluding steroid dienone is 2. The van der Waals surface area contributed by atoms with Crippen LogP contribution in [0.25, 0.3) is 16.8 Å². The summed E-state index contributed by atoms with van der Waals surface area (Å²) in [6.07, 6.45) is -3.46. The standard InChI is InChI=1S/C30H21F6N3O/c1-19-37-18-17-27(38-19)25-5-2-3-7-26(25)39-28(40)8-4-6-24(20-9-13-22(14-10-20)29(31,32)33)21-11-15-23(16-12-21)30(34,35)36/h2-18H,1H3,(H,39,40). The number of anilines is 1. The number of alkyl halides is 6. The molecule has 0 aliphatic heterocycles. The molecular formula is C30H21F6N3O. The Labute approximate surface area is 225 Å². The van der Waals surface area contributed by atoms with Gasteiger partial charge in [-0.25, -0.2) is 9.97 Å². The highest BCUT2D eigenvalue weighted by atomic mass is 19.4. The number of halogens is 6. The van der Waals surface area contributed by atoms with Crippen LogP contribution in [0, 0.1) is 6.92 Å². The molecule has 4 aromatic rings. The van der Waals surface area contributed by atoms with E-state index in [1.165, 1.54) is 42.5 Å². The van der Waals surface area contributed by atoms with Crippen LogP contribution in [0.2, 0.25) is 0 Å². The summed E-state index contributed by atoms with van der Waals surface area (Å²) in [5.74, 6) is 0.0522. The van der Waals surface area contributed by atoms with Crippen molar-refractivity contribution >= 4 is 17.2 Å². The second-order valence-electron chi connectivity index (χ2n) is 8.61. The maximum Gasteiger partial charge on any atom is 0.416 e. The first kappa shape index (κ1) is 28.3. The minimum Gasteiger partial charge on any atom is -0.322 e. The lowest BCUT2D eigenvalue weighted by Crippen LogP contribution is -2.09. The van der Waals surface area contributed by atoms with Crippen LogP contribution >= 0.6 is 0 Å². The van der Waals surface area contributed by atoms with Gasteiger partial charge in [0.2, 0.25) is 5.91 Å². The molecule has 0 aliphatic carbocycles. The van der Waals surface area contributed by atoms with E-state index in [4.69, 9.17) is 0 Å². The first-order valence-corrected chi connectivity index (χ1v) is 11.9. The molecule has 3 aromatic carbocycles. The van der Waals surface area contributed by atoms with Crippen molar-refractivity contribution < 1.29 is 31.1 Å². The van der Waals surface area contributed by atoms with Crippen LogP contribution in [0.1, 0.15) is 28.1 Å². The summed E-state index contributed by atoms with van der Waals surface area (Å²) in [6.45, 7) is 1.74. The van der Waals surface area contributed by atoms with Crippen LogP contribution in [-0.2, 0) is 17.1 Å². The van der Waals surface area contributed by atoms with Gasteiger partial charge in [0.05, 0.1) is 22.5 Å². The number of benzene rings is 3. The van der Waals surface area contributed by atoms with Crippen LogP contribution in [0.3, 0.4) is 0 Å². The molecular weight excluding hydrogens is 532 g/mol. The SMILES string of the molecule is Cc1nccc(-c2ccccc2NC(=O)C=CC=C(c2ccc(C(F)(F)F)cc2)c2ccc(C(F)(F)F)cc2)n1. The number of aryl methyl sites for hydroxylation is 1. The van der Waals surface area contributed by atoms with Crippen molar-refractivity contribution in [2.75, 3.05) is 5.32 Å². The van der Waals surface area contributed by atoms with E-state index < -0.39 is 29.4 Å². The van der Waals surface area contributed by atoms with Gasteiger partial charge in [-0.3, -0.25) is 4.79 Å². The Morgan fingerprint density at radius 3 is 1.85 bits per heavy atom. The average Bonchev–Trinajstić information content (AvgIpc) is 2.91. The van der Waals surface area contributed by atoms with E-state index in [1.54, 1.807) is 43.5 Å². The summed E-state index contributed by atoms with van der Waals surface area (Å²) in [6, 6.07) is 17.2. The fraction of sp³-hybridized carbons (Fsp3) is 0.100. The summed E-state index contributed by atoms with van der Waals surface area (Å²) in [5, 5.41) is 2.76. The van der Waals surface area contributed by atoms with Crippen molar-refractivity contribution in [1.82, 2.24) is 9.97 Å². The van der Waals surface area contributed by atoms with E-state index in [9.17, 15) is 31.1 Å². The van der Waals surface area contributed by atoms with Crippen molar-refractivity contribution in [3.63, 3.8) is 0 Å². The average molecular weight is 554 g/mol. The highest BCUT2D eigenvalue weighted by molar-refractivity contribution is 6.02. The van der Waals surface area contributed by atoms with Crippen LogP contribution < -0.4 is 5.32 Å². The molecule has 0 unspecified atom stereocenters. The first-order chi connectivity index (χ1) is 18.9. The van der Waals surface area contributed by atoms with E-state index in [1.807, 2.05) is 0 Å². The molecule has 0 fully saturated rings. The lowest BCUT2D eigenvalue weighted by atomic mass is 9.95. The molecule has 1 amide bonds. The number of aromatic nitrogens is 2. The molecule has 0 radical (unpaired) electrons. The number of amides is 1. The van der Waals surface area contributed by atoms with Crippen molar-refractivity contribution in [3.05, 3.63) is 131 Å². The van der Waals surface area contributed by atoms with Crippen LogP contribution in [0.4, 0.5) is 32.0 Å². The second kappa shape index (κ2) is 11.6. The molecule has 0 saturated carbocycles. The van der Waals surface area contributed by atoms with E-state index in [-0.39, 0.29) is 0 Å². The van der Waals surface area contributed by atoms with Gasteiger partial charge in [0.1, 0.15) is 5.82 Å². The zero-order chi connectivity index (χ0) is 28.9. The first-order valence-electron chi connectivity index (χ1n) is 11.9. The van der Waals surface area contributed by atoms with Crippen LogP contribution in [-0.4, -0.2) is 15.9 Å². The second-order valence-corrected chi connectivity index (χ2v) is 8.61. The molecule has 40 heavy (non-hydrogen) atoms. The predicted octanol–water partition coefficient (Wildman–Crippen LogP) is 8.12. The zero-order valence-electron chi connectivity index (χ0n) is 20.9. The number of nitrogens with one attached hydrogen (secondary N) is 1.